The van der Waals surface area contributed by atoms with Crippen molar-refractivity contribution in [3.8, 4) is 5.75 Å². The van der Waals surface area contributed by atoms with Crippen molar-refractivity contribution in [1.29, 1.82) is 0 Å². The topological polar surface area (TPSA) is 75.7 Å². The number of urea groups is 1. The van der Waals surface area contributed by atoms with Gasteiger partial charge in [0.1, 0.15) is 17.9 Å². The van der Waals surface area contributed by atoms with E-state index in [-0.39, 0.29) is 5.57 Å². The zero-order chi connectivity index (χ0) is 28.2. The number of rotatable bonds is 7. The summed E-state index contributed by atoms with van der Waals surface area (Å²) in [5.74, 6) is -0.897. The Kier molecular flexibility index (Phi) is 7.80. The van der Waals surface area contributed by atoms with Crippen molar-refractivity contribution in [3.63, 3.8) is 0 Å². The van der Waals surface area contributed by atoms with Crippen LogP contribution in [0.1, 0.15) is 33.4 Å². The van der Waals surface area contributed by atoms with Crippen molar-refractivity contribution in [2.45, 2.75) is 26.9 Å². The average molecular weight is 551 g/mol. The van der Waals surface area contributed by atoms with Gasteiger partial charge in [-0.15, -0.1) is 0 Å². The first-order valence-electron chi connectivity index (χ1n) is 12.8. The van der Waals surface area contributed by atoms with E-state index in [1.54, 1.807) is 36.4 Å². The van der Waals surface area contributed by atoms with E-state index >= 15 is 0 Å². The van der Waals surface area contributed by atoms with Crippen LogP contribution >= 0.6 is 11.6 Å². The number of carbonyl (C=O) groups excluding carboxylic acids is 3. The smallest absolute Gasteiger partial charge is 0.335 e. The summed E-state index contributed by atoms with van der Waals surface area (Å²) in [6.07, 6.45) is 2.10. The number of hydrogen-bond donors (Lipinski definition) is 1. The summed E-state index contributed by atoms with van der Waals surface area (Å²) in [5, 5.41) is 2.78. The van der Waals surface area contributed by atoms with Crippen molar-refractivity contribution in [2.75, 3.05) is 4.90 Å². The van der Waals surface area contributed by atoms with Gasteiger partial charge < -0.3 is 4.74 Å². The number of carbonyl (C=O) groups is 3. The third kappa shape index (κ3) is 6.14. The number of ether oxygens (including phenoxy) is 1. The van der Waals surface area contributed by atoms with Crippen molar-refractivity contribution in [3.05, 3.63) is 135 Å². The minimum atomic E-state index is -0.813. The predicted octanol–water partition coefficient (Wildman–Crippen LogP) is 6.79. The summed E-state index contributed by atoms with van der Waals surface area (Å²) in [7, 11) is 0. The van der Waals surface area contributed by atoms with Crippen LogP contribution in [0, 0.1) is 13.8 Å². The van der Waals surface area contributed by atoms with Gasteiger partial charge >= 0.3 is 6.03 Å². The van der Waals surface area contributed by atoms with Gasteiger partial charge in [0.25, 0.3) is 11.8 Å². The van der Waals surface area contributed by atoms with Crippen LogP contribution in [-0.4, -0.2) is 17.8 Å². The lowest BCUT2D eigenvalue weighted by Gasteiger charge is -2.26. The van der Waals surface area contributed by atoms with Crippen LogP contribution in [0.25, 0.3) is 6.08 Å². The second kappa shape index (κ2) is 11.6. The lowest BCUT2D eigenvalue weighted by Crippen LogP contribution is -2.54. The van der Waals surface area contributed by atoms with Gasteiger partial charge in [0, 0.05) is 5.02 Å². The molecule has 0 unspecified atom stereocenters. The molecule has 0 aliphatic carbocycles. The molecule has 4 aromatic rings. The number of hydrogen-bond acceptors (Lipinski definition) is 4. The minimum Gasteiger partial charge on any atom is -0.489 e. The standard InChI is InChI=1S/C33H27ClN2O4/c1-21-14-22(2)16-25(15-21)17-26-9-8-24(19-30(26)34)18-29-31(37)35-33(39)36(32(29)38)27-10-12-28(13-11-27)40-20-23-6-4-3-5-7-23/h3-16,18-19H,17,20H2,1-2H3,(H,35,37,39)/b29-18+. The molecule has 1 saturated heterocycles. The SMILES string of the molecule is Cc1cc(C)cc(Cc2ccc(/C=C3\C(=O)NC(=O)N(c4ccc(OCc5ccccc5)cc4)C3=O)cc2Cl)c1. The zero-order valence-corrected chi connectivity index (χ0v) is 22.9. The number of anilines is 1. The Morgan fingerprint density at radius 3 is 2.20 bits per heavy atom. The van der Waals surface area contributed by atoms with Gasteiger partial charge in [-0.25, -0.2) is 9.69 Å². The van der Waals surface area contributed by atoms with E-state index in [1.165, 1.54) is 17.2 Å². The highest BCUT2D eigenvalue weighted by atomic mass is 35.5. The average Bonchev–Trinajstić information content (AvgIpc) is 2.92. The van der Waals surface area contributed by atoms with Gasteiger partial charge in [-0.1, -0.05) is 83.4 Å². The summed E-state index contributed by atoms with van der Waals surface area (Å²) in [6.45, 7) is 4.50. The molecule has 7 heteroatoms. The Morgan fingerprint density at radius 1 is 0.825 bits per heavy atom. The van der Waals surface area contributed by atoms with Crippen LogP contribution in [0.4, 0.5) is 10.5 Å². The number of nitrogens with one attached hydrogen (secondary N) is 1. The fourth-order valence-corrected chi connectivity index (χ4v) is 4.93. The molecular formula is C33H27ClN2O4. The first-order valence-corrected chi connectivity index (χ1v) is 13.2. The Labute approximate surface area is 237 Å². The van der Waals surface area contributed by atoms with Crippen LogP contribution in [0.3, 0.4) is 0 Å². The molecule has 1 aliphatic rings. The van der Waals surface area contributed by atoms with Crippen LogP contribution in [-0.2, 0) is 22.6 Å². The van der Waals surface area contributed by atoms with E-state index < -0.39 is 17.8 Å². The molecule has 0 saturated carbocycles. The molecule has 0 atom stereocenters. The third-order valence-corrected chi connectivity index (χ3v) is 6.86. The fourth-order valence-electron chi connectivity index (χ4n) is 4.68. The van der Waals surface area contributed by atoms with Crippen molar-refractivity contribution < 1.29 is 19.1 Å². The fraction of sp³-hybridized carbons (Fsp3) is 0.121. The quantitative estimate of drug-likeness (QED) is 0.203. The molecule has 0 bridgehead atoms. The van der Waals surface area contributed by atoms with Crippen LogP contribution in [0.2, 0.25) is 5.02 Å². The van der Waals surface area contributed by atoms with Crippen molar-refractivity contribution in [2.24, 2.45) is 0 Å². The van der Waals surface area contributed by atoms with Gasteiger partial charge in [-0.2, -0.15) is 0 Å². The van der Waals surface area contributed by atoms with E-state index in [9.17, 15) is 14.4 Å². The van der Waals surface area contributed by atoms with Gasteiger partial charge in [0.2, 0.25) is 0 Å². The van der Waals surface area contributed by atoms with Gasteiger partial charge in [0.05, 0.1) is 5.69 Å². The molecule has 0 spiro atoms. The maximum atomic E-state index is 13.3. The number of benzene rings is 4. The van der Waals surface area contributed by atoms with Gasteiger partial charge in [0.15, 0.2) is 0 Å². The highest BCUT2D eigenvalue weighted by Gasteiger charge is 2.36. The number of amides is 4. The number of barbiturate groups is 1. The second-order valence-corrected chi connectivity index (χ2v) is 10.2. The summed E-state index contributed by atoms with van der Waals surface area (Å²) in [6, 6.07) is 27.2. The monoisotopic (exact) mass is 550 g/mol. The number of imide groups is 2. The lowest BCUT2D eigenvalue weighted by molar-refractivity contribution is -0.122. The molecule has 1 heterocycles. The molecular weight excluding hydrogens is 524 g/mol. The lowest BCUT2D eigenvalue weighted by atomic mass is 9.99. The van der Waals surface area contributed by atoms with E-state index in [0.29, 0.717) is 35.1 Å². The number of halogens is 1. The van der Waals surface area contributed by atoms with E-state index in [1.807, 2.05) is 36.4 Å². The molecule has 6 nitrogen and oxygen atoms in total. The molecule has 4 amide bonds. The normalized spacial score (nSPS) is 14.4. The number of nitrogens with zero attached hydrogens (tertiary/aromatic N) is 1. The van der Waals surface area contributed by atoms with Crippen LogP contribution in [0.5, 0.6) is 5.75 Å². The van der Waals surface area contributed by atoms with E-state index in [0.717, 1.165) is 21.6 Å². The van der Waals surface area contributed by atoms with Crippen LogP contribution < -0.4 is 15.0 Å². The van der Waals surface area contributed by atoms with E-state index in [2.05, 4.69) is 37.4 Å². The summed E-state index contributed by atoms with van der Waals surface area (Å²) >= 11 is 6.59. The molecule has 200 valence electrons. The number of aryl methyl sites for hydroxylation is 2. The zero-order valence-electron chi connectivity index (χ0n) is 22.1. The molecule has 1 fully saturated rings. The summed E-state index contributed by atoms with van der Waals surface area (Å²) in [5.41, 5.74) is 6.19. The molecule has 1 N–H and O–H groups in total. The molecule has 0 radical (unpaired) electrons. The first kappa shape index (κ1) is 26.9. The maximum Gasteiger partial charge on any atom is 0.335 e. The molecule has 4 aromatic carbocycles. The first-order chi connectivity index (χ1) is 19.3. The molecule has 40 heavy (non-hydrogen) atoms. The highest BCUT2D eigenvalue weighted by Crippen LogP contribution is 2.27. The minimum absolute atomic E-state index is 0.165. The largest absolute Gasteiger partial charge is 0.489 e. The summed E-state index contributed by atoms with van der Waals surface area (Å²) in [4.78, 5) is 39.5. The third-order valence-electron chi connectivity index (χ3n) is 6.51. The molecule has 5 rings (SSSR count). The summed E-state index contributed by atoms with van der Waals surface area (Å²) < 4.78 is 5.79. The Balaban J connectivity index is 1.33. The van der Waals surface area contributed by atoms with Crippen molar-refractivity contribution in [1.82, 2.24) is 5.32 Å². The Hall–Kier alpha value is -4.68. The molecule has 1 aliphatic heterocycles. The predicted molar refractivity (Wildman–Crippen MR) is 156 cm³/mol. The Morgan fingerprint density at radius 2 is 1.52 bits per heavy atom. The van der Waals surface area contributed by atoms with Crippen LogP contribution in [0.15, 0.2) is 96.6 Å². The molecule has 0 aromatic heterocycles. The highest BCUT2D eigenvalue weighted by molar-refractivity contribution is 6.39. The van der Waals surface area contributed by atoms with E-state index in [4.69, 9.17) is 16.3 Å². The maximum absolute atomic E-state index is 13.3. The Bertz CT molecular complexity index is 1610. The van der Waals surface area contributed by atoms with Gasteiger partial charge in [-0.05, 0) is 78.9 Å². The van der Waals surface area contributed by atoms with Gasteiger partial charge in [-0.3, -0.25) is 14.9 Å². The second-order valence-electron chi connectivity index (χ2n) is 9.75. The van der Waals surface area contributed by atoms with Crippen molar-refractivity contribution >= 4 is 41.2 Å².